The number of pyridine rings is 1. The van der Waals surface area contributed by atoms with Crippen molar-refractivity contribution in [3.05, 3.63) is 69.1 Å². The van der Waals surface area contributed by atoms with E-state index in [2.05, 4.69) is 29.4 Å². The molecule has 0 bridgehead atoms. The monoisotopic (exact) mass is 284 g/mol. The Bertz CT molecular complexity index is 704. The van der Waals surface area contributed by atoms with Crippen LogP contribution < -0.4 is 10.7 Å². The molecule has 0 aliphatic rings. The van der Waals surface area contributed by atoms with E-state index >= 15 is 0 Å². The van der Waals surface area contributed by atoms with E-state index in [-0.39, 0.29) is 22.9 Å². The van der Waals surface area contributed by atoms with Crippen LogP contribution in [0.2, 0.25) is 0 Å². The number of H-pyrrole nitrogens is 1. The van der Waals surface area contributed by atoms with Gasteiger partial charge in [0.15, 0.2) is 5.43 Å². The highest BCUT2D eigenvalue weighted by Gasteiger charge is 2.14. The van der Waals surface area contributed by atoms with Gasteiger partial charge in [0, 0.05) is 24.0 Å². The first kappa shape index (κ1) is 15.0. The average Bonchev–Trinajstić information content (AvgIpc) is 2.41. The zero-order chi connectivity index (χ0) is 15.4. The van der Waals surface area contributed by atoms with Crippen molar-refractivity contribution in [1.29, 1.82) is 0 Å². The highest BCUT2D eigenvalue weighted by Crippen LogP contribution is 2.09. The molecule has 2 aromatic rings. The van der Waals surface area contributed by atoms with Crippen LogP contribution in [0.25, 0.3) is 0 Å². The van der Waals surface area contributed by atoms with Gasteiger partial charge in [-0.05, 0) is 38.3 Å². The molecular weight excluding hydrogens is 264 g/mol. The van der Waals surface area contributed by atoms with E-state index in [4.69, 9.17) is 0 Å². The molecule has 2 N–H and O–H groups in total. The Morgan fingerprint density at radius 2 is 2.00 bits per heavy atom. The lowest BCUT2D eigenvalue weighted by molar-refractivity contribution is 0.0938. The lowest BCUT2D eigenvalue weighted by Gasteiger charge is -2.15. The van der Waals surface area contributed by atoms with Crippen molar-refractivity contribution >= 4 is 5.91 Å². The highest BCUT2D eigenvalue weighted by molar-refractivity contribution is 5.93. The van der Waals surface area contributed by atoms with Crippen molar-refractivity contribution in [2.75, 3.05) is 0 Å². The van der Waals surface area contributed by atoms with E-state index < -0.39 is 0 Å². The summed E-state index contributed by atoms with van der Waals surface area (Å²) in [5.41, 5.74) is 3.03. The second kappa shape index (κ2) is 6.39. The van der Waals surface area contributed by atoms with Gasteiger partial charge >= 0.3 is 0 Å². The Morgan fingerprint density at radius 3 is 2.67 bits per heavy atom. The zero-order valence-electron chi connectivity index (χ0n) is 12.6. The van der Waals surface area contributed by atoms with Gasteiger partial charge in [-0.25, -0.2) is 0 Å². The summed E-state index contributed by atoms with van der Waals surface area (Å²) in [5, 5.41) is 2.87. The molecule has 1 aromatic carbocycles. The van der Waals surface area contributed by atoms with E-state index in [1.807, 2.05) is 19.1 Å². The number of carbonyl (C=O) groups is 1. The first-order chi connectivity index (χ1) is 9.97. The normalized spacial score (nSPS) is 12.0. The minimum Gasteiger partial charge on any atom is -0.364 e. The van der Waals surface area contributed by atoms with Crippen LogP contribution in [0.5, 0.6) is 0 Å². The number of benzene rings is 1. The molecule has 21 heavy (non-hydrogen) atoms. The van der Waals surface area contributed by atoms with E-state index in [1.54, 1.807) is 6.92 Å². The molecule has 0 saturated heterocycles. The van der Waals surface area contributed by atoms with Gasteiger partial charge < -0.3 is 10.3 Å². The van der Waals surface area contributed by atoms with Crippen LogP contribution in [0.1, 0.15) is 34.1 Å². The molecule has 0 spiro atoms. The molecule has 4 nitrogen and oxygen atoms in total. The van der Waals surface area contributed by atoms with Crippen LogP contribution in [0.3, 0.4) is 0 Å². The summed E-state index contributed by atoms with van der Waals surface area (Å²) in [7, 11) is 0. The van der Waals surface area contributed by atoms with Crippen molar-refractivity contribution in [2.24, 2.45) is 0 Å². The summed E-state index contributed by atoms with van der Waals surface area (Å²) < 4.78 is 0. The molecule has 1 aromatic heterocycles. The number of hydrogen-bond acceptors (Lipinski definition) is 2. The molecule has 1 heterocycles. The molecular formula is C17H20N2O2. The predicted octanol–water partition coefficient (Wildman–Crippen LogP) is 2.35. The van der Waals surface area contributed by atoms with E-state index in [0.717, 1.165) is 12.1 Å². The van der Waals surface area contributed by atoms with E-state index in [0.29, 0.717) is 0 Å². The maximum atomic E-state index is 12.1. The van der Waals surface area contributed by atoms with Crippen molar-refractivity contribution in [3.8, 4) is 0 Å². The smallest absolute Gasteiger partial charge is 0.256 e. The molecule has 1 unspecified atom stereocenters. The van der Waals surface area contributed by atoms with Crippen molar-refractivity contribution in [1.82, 2.24) is 10.3 Å². The SMILES string of the molecule is Cc1cc(=O)c(C(=O)NC(C)Cc2ccccc2C)c[nH]1. The standard InChI is InChI=1S/C17H20N2O2/c1-11-6-4-5-7-14(11)8-13(3)19-17(21)15-10-18-12(2)9-16(15)20/h4-7,9-10,13H,8H2,1-3H3,(H,18,20)(H,19,21). The van der Waals surface area contributed by atoms with Crippen LogP contribution >= 0.6 is 0 Å². The summed E-state index contributed by atoms with van der Waals surface area (Å²) in [6.07, 6.45) is 2.20. The third kappa shape index (κ3) is 3.81. The number of aromatic amines is 1. The number of aryl methyl sites for hydroxylation is 2. The van der Waals surface area contributed by atoms with Crippen LogP contribution in [0, 0.1) is 13.8 Å². The predicted molar refractivity (Wildman–Crippen MR) is 83.6 cm³/mol. The van der Waals surface area contributed by atoms with Crippen LogP contribution in [-0.4, -0.2) is 16.9 Å². The van der Waals surface area contributed by atoms with Gasteiger partial charge in [0.25, 0.3) is 5.91 Å². The maximum Gasteiger partial charge on any atom is 0.256 e. The Kier molecular flexibility index (Phi) is 4.58. The maximum absolute atomic E-state index is 12.1. The zero-order valence-corrected chi connectivity index (χ0v) is 12.6. The molecule has 1 amide bonds. The fourth-order valence-electron chi connectivity index (χ4n) is 2.27. The molecule has 0 saturated carbocycles. The van der Waals surface area contributed by atoms with Crippen LogP contribution in [0.15, 0.2) is 41.3 Å². The molecule has 0 fully saturated rings. The van der Waals surface area contributed by atoms with Gasteiger partial charge in [-0.15, -0.1) is 0 Å². The minimum atomic E-state index is -0.336. The Labute approximate surface area is 124 Å². The van der Waals surface area contributed by atoms with Gasteiger partial charge in [-0.3, -0.25) is 9.59 Å². The largest absolute Gasteiger partial charge is 0.364 e. The van der Waals surface area contributed by atoms with Gasteiger partial charge in [-0.2, -0.15) is 0 Å². The van der Waals surface area contributed by atoms with Crippen LogP contribution in [0.4, 0.5) is 0 Å². The van der Waals surface area contributed by atoms with Crippen molar-refractivity contribution in [2.45, 2.75) is 33.2 Å². The number of aromatic nitrogens is 1. The Morgan fingerprint density at radius 1 is 1.29 bits per heavy atom. The minimum absolute atomic E-state index is 0.0423. The second-order valence-electron chi connectivity index (χ2n) is 5.40. The number of nitrogens with one attached hydrogen (secondary N) is 2. The lowest BCUT2D eigenvalue weighted by atomic mass is 10.0. The molecule has 110 valence electrons. The number of rotatable bonds is 4. The van der Waals surface area contributed by atoms with Gasteiger partial charge in [-0.1, -0.05) is 24.3 Å². The van der Waals surface area contributed by atoms with Gasteiger partial charge in [0.1, 0.15) is 5.56 Å². The summed E-state index contributed by atoms with van der Waals surface area (Å²) in [6.45, 7) is 5.77. The summed E-state index contributed by atoms with van der Waals surface area (Å²) in [4.78, 5) is 26.8. The summed E-state index contributed by atoms with van der Waals surface area (Å²) in [5.74, 6) is -0.336. The fourth-order valence-corrected chi connectivity index (χ4v) is 2.27. The molecule has 0 aliphatic heterocycles. The Hall–Kier alpha value is -2.36. The third-order valence-electron chi connectivity index (χ3n) is 3.47. The Balaban J connectivity index is 2.06. The molecule has 1 atom stereocenters. The molecule has 4 heteroatoms. The van der Waals surface area contributed by atoms with E-state index in [1.165, 1.54) is 23.4 Å². The number of hydrogen-bond donors (Lipinski definition) is 2. The van der Waals surface area contributed by atoms with Gasteiger partial charge in [0.2, 0.25) is 0 Å². The first-order valence-electron chi connectivity index (χ1n) is 7.02. The van der Waals surface area contributed by atoms with Crippen molar-refractivity contribution < 1.29 is 4.79 Å². The first-order valence-corrected chi connectivity index (χ1v) is 7.02. The average molecular weight is 284 g/mol. The topological polar surface area (TPSA) is 62.0 Å². The summed E-state index contributed by atoms with van der Waals surface area (Å²) in [6, 6.07) is 9.47. The quantitative estimate of drug-likeness (QED) is 0.905. The molecule has 0 radical (unpaired) electrons. The third-order valence-corrected chi connectivity index (χ3v) is 3.47. The van der Waals surface area contributed by atoms with Crippen molar-refractivity contribution in [3.63, 3.8) is 0 Å². The molecule has 2 rings (SSSR count). The second-order valence-corrected chi connectivity index (χ2v) is 5.40. The lowest BCUT2D eigenvalue weighted by Crippen LogP contribution is -2.36. The summed E-state index contributed by atoms with van der Waals surface area (Å²) >= 11 is 0. The fraction of sp³-hybridized carbons (Fsp3) is 0.294. The van der Waals surface area contributed by atoms with Crippen LogP contribution in [-0.2, 0) is 6.42 Å². The molecule has 0 aliphatic carbocycles. The highest BCUT2D eigenvalue weighted by atomic mass is 16.2. The van der Waals surface area contributed by atoms with E-state index in [9.17, 15) is 9.59 Å². The number of amides is 1. The number of carbonyl (C=O) groups excluding carboxylic acids is 1. The van der Waals surface area contributed by atoms with Gasteiger partial charge in [0.05, 0.1) is 0 Å².